The Bertz CT molecular complexity index is 299. The molecule has 0 unspecified atom stereocenters. The molecule has 0 bridgehead atoms. The highest BCUT2D eigenvalue weighted by atomic mass is 16.3. The Morgan fingerprint density at radius 1 is 1.22 bits per heavy atom. The van der Waals surface area contributed by atoms with Gasteiger partial charge < -0.3 is 19.8 Å². The number of carbonyl (C=O) groups is 2. The SMILES string of the molecule is CN(C)C(=O)N1CCC(C(=O)N(C)CCO)CC1. The zero-order valence-electron chi connectivity index (χ0n) is 11.4. The second-order valence-electron chi connectivity index (χ2n) is 4.92. The van der Waals surface area contributed by atoms with Gasteiger partial charge >= 0.3 is 6.03 Å². The molecule has 18 heavy (non-hydrogen) atoms. The van der Waals surface area contributed by atoms with E-state index in [1.165, 1.54) is 0 Å². The fraction of sp³-hybridized carbons (Fsp3) is 0.833. The zero-order valence-corrected chi connectivity index (χ0v) is 11.4. The normalized spacial score (nSPS) is 16.6. The quantitative estimate of drug-likeness (QED) is 0.763. The molecule has 1 N–H and O–H groups in total. The topological polar surface area (TPSA) is 64.1 Å². The molecule has 0 aliphatic carbocycles. The van der Waals surface area contributed by atoms with Gasteiger partial charge in [0.2, 0.25) is 5.91 Å². The summed E-state index contributed by atoms with van der Waals surface area (Å²) in [4.78, 5) is 28.6. The first-order chi connectivity index (χ1) is 8.47. The highest BCUT2D eigenvalue weighted by molar-refractivity contribution is 5.79. The maximum absolute atomic E-state index is 12.0. The summed E-state index contributed by atoms with van der Waals surface area (Å²) in [6, 6.07) is 0.00427. The van der Waals surface area contributed by atoms with Crippen LogP contribution in [0.3, 0.4) is 0 Å². The van der Waals surface area contributed by atoms with Crippen LogP contribution in [0.4, 0.5) is 4.79 Å². The summed E-state index contributed by atoms with van der Waals surface area (Å²) in [5.74, 6) is 0.0498. The summed E-state index contributed by atoms with van der Waals surface area (Å²) in [5, 5.41) is 8.81. The van der Waals surface area contributed by atoms with Gasteiger partial charge in [-0.05, 0) is 12.8 Å². The van der Waals surface area contributed by atoms with Crippen molar-refractivity contribution in [1.82, 2.24) is 14.7 Å². The standard InChI is InChI=1S/C12H23N3O3/c1-13(2)12(18)15-6-4-10(5-7-15)11(17)14(3)8-9-16/h10,16H,4-9H2,1-3H3. The van der Waals surface area contributed by atoms with Crippen molar-refractivity contribution in [1.29, 1.82) is 0 Å². The Morgan fingerprint density at radius 2 is 1.78 bits per heavy atom. The molecular weight excluding hydrogens is 234 g/mol. The number of likely N-dealkylation sites (tertiary alicyclic amines) is 1. The van der Waals surface area contributed by atoms with Gasteiger partial charge in [-0.1, -0.05) is 0 Å². The van der Waals surface area contributed by atoms with Crippen LogP contribution in [-0.4, -0.2) is 79.1 Å². The predicted molar refractivity (Wildman–Crippen MR) is 68.1 cm³/mol. The first-order valence-electron chi connectivity index (χ1n) is 6.29. The fourth-order valence-electron chi connectivity index (χ4n) is 2.17. The third-order valence-electron chi connectivity index (χ3n) is 3.31. The molecule has 0 atom stereocenters. The Kier molecular flexibility index (Phi) is 5.40. The largest absolute Gasteiger partial charge is 0.395 e. The van der Waals surface area contributed by atoms with Crippen molar-refractivity contribution < 1.29 is 14.7 Å². The summed E-state index contributed by atoms with van der Waals surface area (Å²) >= 11 is 0. The molecule has 6 nitrogen and oxygen atoms in total. The Morgan fingerprint density at radius 3 is 2.22 bits per heavy atom. The lowest BCUT2D eigenvalue weighted by molar-refractivity contribution is -0.136. The summed E-state index contributed by atoms with van der Waals surface area (Å²) in [7, 11) is 5.17. The molecule has 1 fully saturated rings. The minimum Gasteiger partial charge on any atom is -0.395 e. The molecule has 3 amide bonds. The number of rotatable bonds is 3. The fourth-order valence-corrected chi connectivity index (χ4v) is 2.17. The lowest BCUT2D eigenvalue weighted by Gasteiger charge is -2.34. The van der Waals surface area contributed by atoms with Crippen molar-refractivity contribution in [3.63, 3.8) is 0 Å². The van der Waals surface area contributed by atoms with Crippen molar-refractivity contribution in [3.05, 3.63) is 0 Å². The van der Waals surface area contributed by atoms with Crippen LogP contribution in [0.25, 0.3) is 0 Å². The van der Waals surface area contributed by atoms with Gasteiger partial charge in [0.25, 0.3) is 0 Å². The smallest absolute Gasteiger partial charge is 0.319 e. The van der Waals surface area contributed by atoms with Gasteiger partial charge in [-0.3, -0.25) is 4.79 Å². The minimum absolute atomic E-state index is 0.00427. The van der Waals surface area contributed by atoms with Crippen LogP contribution in [0.5, 0.6) is 0 Å². The average molecular weight is 257 g/mol. The molecule has 0 aromatic heterocycles. The molecule has 0 radical (unpaired) electrons. The summed E-state index contributed by atoms with van der Waals surface area (Å²) in [6.45, 7) is 1.61. The van der Waals surface area contributed by atoms with Crippen molar-refractivity contribution in [2.75, 3.05) is 47.4 Å². The molecule has 1 aliphatic heterocycles. The third-order valence-corrected chi connectivity index (χ3v) is 3.31. The number of aliphatic hydroxyl groups is 1. The van der Waals surface area contributed by atoms with Gasteiger partial charge in [-0.15, -0.1) is 0 Å². The molecule has 0 aromatic rings. The van der Waals surface area contributed by atoms with E-state index in [-0.39, 0.29) is 24.5 Å². The number of nitrogens with zero attached hydrogens (tertiary/aromatic N) is 3. The average Bonchev–Trinajstić information content (AvgIpc) is 2.37. The van der Waals surface area contributed by atoms with Gasteiger partial charge in [-0.25, -0.2) is 4.79 Å². The molecule has 0 spiro atoms. The van der Waals surface area contributed by atoms with Crippen LogP contribution < -0.4 is 0 Å². The van der Waals surface area contributed by atoms with Gasteiger partial charge in [0.05, 0.1) is 6.61 Å². The number of piperidine rings is 1. The van der Waals surface area contributed by atoms with Crippen molar-refractivity contribution in [2.24, 2.45) is 5.92 Å². The minimum atomic E-state index is -0.0206. The number of likely N-dealkylation sites (N-methyl/N-ethyl adjacent to an activating group) is 1. The molecular formula is C12H23N3O3. The van der Waals surface area contributed by atoms with Crippen molar-refractivity contribution in [2.45, 2.75) is 12.8 Å². The molecule has 6 heteroatoms. The second kappa shape index (κ2) is 6.58. The zero-order chi connectivity index (χ0) is 13.7. The van der Waals surface area contributed by atoms with E-state index >= 15 is 0 Å². The molecule has 1 aliphatic rings. The number of urea groups is 1. The highest BCUT2D eigenvalue weighted by Crippen LogP contribution is 2.19. The monoisotopic (exact) mass is 257 g/mol. The van der Waals surface area contributed by atoms with E-state index in [0.29, 0.717) is 32.5 Å². The Labute approximate surface area is 108 Å². The molecule has 104 valence electrons. The summed E-state index contributed by atoms with van der Waals surface area (Å²) in [6.07, 6.45) is 1.41. The first-order valence-corrected chi connectivity index (χ1v) is 6.29. The van der Waals surface area contributed by atoms with Crippen LogP contribution in [-0.2, 0) is 4.79 Å². The lowest BCUT2D eigenvalue weighted by Crippen LogP contribution is -2.47. The summed E-state index contributed by atoms with van der Waals surface area (Å²) in [5.41, 5.74) is 0. The molecule has 1 heterocycles. The number of hydrogen-bond donors (Lipinski definition) is 1. The van der Waals surface area contributed by atoms with E-state index in [1.54, 1.807) is 35.8 Å². The van der Waals surface area contributed by atoms with Gasteiger partial charge in [-0.2, -0.15) is 0 Å². The van der Waals surface area contributed by atoms with Crippen LogP contribution >= 0.6 is 0 Å². The number of amides is 3. The lowest BCUT2D eigenvalue weighted by atomic mass is 9.95. The maximum atomic E-state index is 12.0. The van der Waals surface area contributed by atoms with Gasteiger partial charge in [0, 0.05) is 46.7 Å². The van der Waals surface area contributed by atoms with Crippen LogP contribution in [0, 0.1) is 5.92 Å². The number of aliphatic hydroxyl groups excluding tert-OH is 1. The van der Waals surface area contributed by atoms with Crippen LogP contribution in [0.15, 0.2) is 0 Å². The van der Waals surface area contributed by atoms with E-state index in [1.807, 2.05) is 0 Å². The third kappa shape index (κ3) is 3.60. The van der Waals surface area contributed by atoms with Crippen LogP contribution in [0.2, 0.25) is 0 Å². The van der Waals surface area contributed by atoms with Crippen molar-refractivity contribution >= 4 is 11.9 Å². The van der Waals surface area contributed by atoms with E-state index in [9.17, 15) is 9.59 Å². The predicted octanol–water partition coefficient (Wildman–Crippen LogP) is -0.169. The van der Waals surface area contributed by atoms with Crippen LogP contribution in [0.1, 0.15) is 12.8 Å². The molecule has 1 rings (SSSR count). The van der Waals surface area contributed by atoms with Crippen molar-refractivity contribution in [3.8, 4) is 0 Å². The van der Waals surface area contributed by atoms with E-state index in [0.717, 1.165) is 0 Å². The number of hydrogen-bond acceptors (Lipinski definition) is 3. The summed E-state index contributed by atoms with van der Waals surface area (Å²) < 4.78 is 0. The molecule has 0 saturated carbocycles. The van der Waals surface area contributed by atoms with Gasteiger partial charge in [0.15, 0.2) is 0 Å². The van der Waals surface area contributed by atoms with E-state index in [4.69, 9.17) is 5.11 Å². The van der Waals surface area contributed by atoms with Gasteiger partial charge in [0.1, 0.15) is 0 Å². The second-order valence-corrected chi connectivity index (χ2v) is 4.92. The Hall–Kier alpha value is -1.30. The van der Waals surface area contributed by atoms with E-state index in [2.05, 4.69) is 0 Å². The molecule has 0 aromatic carbocycles. The number of carbonyl (C=O) groups excluding carboxylic acids is 2. The highest BCUT2D eigenvalue weighted by Gasteiger charge is 2.29. The van der Waals surface area contributed by atoms with E-state index < -0.39 is 0 Å². The first kappa shape index (κ1) is 14.8. The Balaban J connectivity index is 2.44. The molecule has 1 saturated heterocycles. The maximum Gasteiger partial charge on any atom is 0.319 e.